The van der Waals surface area contributed by atoms with Gasteiger partial charge in [0.1, 0.15) is 0 Å². The Morgan fingerprint density at radius 3 is 2.57 bits per heavy atom. The molecule has 0 saturated heterocycles. The van der Waals surface area contributed by atoms with Crippen LogP contribution < -0.4 is 10.6 Å². The zero-order valence-electron chi connectivity index (χ0n) is 12.3. The van der Waals surface area contributed by atoms with Crippen LogP contribution in [0.3, 0.4) is 0 Å². The van der Waals surface area contributed by atoms with Crippen molar-refractivity contribution in [3.63, 3.8) is 0 Å². The molecular weight excluding hydrogens is 281 g/mol. The summed E-state index contributed by atoms with van der Waals surface area (Å²) in [6.07, 6.45) is -2.46. The van der Waals surface area contributed by atoms with Crippen LogP contribution in [0.1, 0.15) is 37.8 Å². The number of alkyl halides is 3. The molecule has 0 aliphatic rings. The van der Waals surface area contributed by atoms with E-state index in [1.54, 1.807) is 6.07 Å². The van der Waals surface area contributed by atoms with Gasteiger partial charge in [0.05, 0.1) is 5.56 Å². The van der Waals surface area contributed by atoms with E-state index in [4.69, 9.17) is 0 Å². The quantitative estimate of drug-likeness (QED) is 0.768. The fourth-order valence-corrected chi connectivity index (χ4v) is 1.81. The van der Waals surface area contributed by atoms with E-state index in [1.807, 2.05) is 0 Å². The number of urea groups is 1. The van der Waals surface area contributed by atoms with Gasteiger partial charge < -0.3 is 10.6 Å². The first-order valence-electron chi connectivity index (χ1n) is 6.97. The zero-order valence-corrected chi connectivity index (χ0v) is 12.3. The second-order valence-electron chi connectivity index (χ2n) is 5.34. The van der Waals surface area contributed by atoms with Crippen LogP contribution in [-0.2, 0) is 12.7 Å². The molecule has 21 heavy (non-hydrogen) atoms. The first-order chi connectivity index (χ1) is 9.79. The highest BCUT2D eigenvalue weighted by Crippen LogP contribution is 2.29. The lowest BCUT2D eigenvalue weighted by atomic mass is 10.1. The van der Waals surface area contributed by atoms with Crippen LogP contribution in [0.15, 0.2) is 24.3 Å². The van der Waals surface area contributed by atoms with E-state index in [1.165, 1.54) is 6.07 Å². The normalized spacial score (nSPS) is 11.5. The van der Waals surface area contributed by atoms with Crippen molar-refractivity contribution in [1.82, 2.24) is 10.6 Å². The molecule has 0 saturated carbocycles. The summed E-state index contributed by atoms with van der Waals surface area (Å²) < 4.78 is 37.6. The first-order valence-corrected chi connectivity index (χ1v) is 6.97. The second-order valence-corrected chi connectivity index (χ2v) is 5.34. The van der Waals surface area contributed by atoms with Gasteiger partial charge in [-0.05, 0) is 36.5 Å². The summed E-state index contributed by atoms with van der Waals surface area (Å²) in [5, 5.41) is 5.23. The van der Waals surface area contributed by atoms with Crippen LogP contribution >= 0.6 is 0 Å². The monoisotopic (exact) mass is 302 g/mol. The molecule has 0 fully saturated rings. The van der Waals surface area contributed by atoms with Crippen molar-refractivity contribution in [2.24, 2.45) is 5.92 Å². The summed E-state index contributed by atoms with van der Waals surface area (Å²) in [5.41, 5.74) is -0.290. The van der Waals surface area contributed by atoms with Crippen LogP contribution in [0.25, 0.3) is 0 Å². The molecular formula is C15H21F3N2O. The van der Waals surface area contributed by atoms with E-state index >= 15 is 0 Å². The smallest absolute Gasteiger partial charge is 0.338 e. The predicted molar refractivity (Wildman–Crippen MR) is 75.8 cm³/mol. The van der Waals surface area contributed by atoms with Gasteiger partial charge in [-0.2, -0.15) is 13.2 Å². The van der Waals surface area contributed by atoms with E-state index in [0.29, 0.717) is 18.0 Å². The third-order valence-corrected chi connectivity index (χ3v) is 2.95. The van der Waals surface area contributed by atoms with Crippen molar-refractivity contribution >= 4 is 6.03 Å². The van der Waals surface area contributed by atoms with Crippen LogP contribution in [0.5, 0.6) is 0 Å². The van der Waals surface area contributed by atoms with E-state index in [-0.39, 0.29) is 12.6 Å². The highest BCUT2D eigenvalue weighted by molar-refractivity contribution is 5.73. The van der Waals surface area contributed by atoms with Gasteiger partial charge >= 0.3 is 12.2 Å². The topological polar surface area (TPSA) is 41.1 Å². The van der Waals surface area contributed by atoms with E-state index < -0.39 is 11.7 Å². The number of carbonyl (C=O) groups is 1. The largest absolute Gasteiger partial charge is 0.416 e. The lowest BCUT2D eigenvalue weighted by Crippen LogP contribution is -2.35. The summed E-state index contributed by atoms with van der Waals surface area (Å²) in [7, 11) is 0. The molecule has 0 atom stereocenters. The standard InChI is InChI=1S/C15H21F3N2O/c1-11(2)5-4-8-19-14(21)20-10-12-6-3-7-13(9-12)15(16,17)18/h3,6-7,9,11H,4-5,8,10H2,1-2H3,(H2,19,20,21). The van der Waals surface area contributed by atoms with Crippen LogP contribution in [0.2, 0.25) is 0 Å². The van der Waals surface area contributed by atoms with Gasteiger partial charge in [0, 0.05) is 13.1 Å². The molecule has 0 aromatic heterocycles. The second kappa shape index (κ2) is 7.90. The third-order valence-electron chi connectivity index (χ3n) is 2.95. The van der Waals surface area contributed by atoms with Gasteiger partial charge in [-0.1, -0.05) is 26.0 Å². The molecule has 1 aromatic carbocycles. The molecule has 0 aliphatic carbocycles. The molecule has 1 rings (SSSR count). The molecule has 2 N–H and O–H groups in total. The Morgan fingerprint density at radius 2 is 1.95 bits per heavy atom. The first kappa shape index (κ1) is 17.3. The van der Waals surface area contributed by atoms with E-state index in [9.17, 15) is 18.0 Å². The van der Waals surface area contributed by atoms with Gasteiger partial charge in [-0.3, -0.25) is 0 Å². The van der Waals surface area contributed by atoms with Crippen molar-refractivity contribution in [1.29, 1.82) is 0 Å². The van der Waals surface area contributed by atoms with Crippen LogP contribution in [-0.4, -0.2) is 12.6 Å². The van der Waals surface area contributed by atoms with Crippen LogP contribution in [0, 0.1) is 5.92 Å². The van der Waals surface area contributed by atoms with Crippen molar-refractivity contribution in [3.05, 3.63) is 35.4 Å². The Bertz CT molecular complexity index is 458. The number of hydrogen-bond acceptors (Lipinski definition) is 1. The maximum Gasteiger partial charge on any atom is 0.416 e. The Kier molecular flexibility index (Phi) is 6.52. The Morgan fingerprint density at radius 1 is 1.24 bits per heavy atom. The molecule has 0 aliphatic heterocycles. The lowest BCUT2D eigenvalue weighted by Gasteiger charge is -2.10. The predicted octanol–water partition coefficient (Wildman–Crippen LogP) is 3.94. The van der Waals surface area contributed by atoms with Gasteiger partial charge in [0.15, 0.2) is 0 Å². The summed E-state index contributed by atoms with van der Waals surface area (Å²) in [5.74, 6) is 0.583. The molecule has 0 bridgehead atoms. The third kappa shape index (κ3) is 7.02. The highest BCUT2D eigenvalue weighted by atomic mass is 19.4. The number of hydrogen-bond donors (Lipinski definition) is 2. The van der Waals surface area contributed by atoms with Gasteiger partial charge in [-0.25, -0.2) is 4.79 Å². The maximum absolute atomic E-state index is 12.5. The summed E-state index contributed by atoms with van der Waals surface area (Å²) in [6, 6.07) is 4.57. The van der Waals surface area contributed by atoms with E-state index in [0.717, 1.165) is 25.0 Å². The van der Waals surface area contributed by atoms with Crippen molar-refractivity contribution < 1.29 is 18.0 Å². The zero-order chi connectivity index (χ0) is 15.9. The van der Waals surface area contributed by atoms with Gasteiger partial charge in [0.25, 0.3) is 0 Å². The van der Waals surface area contributed by atoms with E-state index in [2.05, 4.69) is 24.5 Å². The van der Waals surface area contributed by atoms with Crippen molar-refractivity contribution in [2.75, 3.05) is 6.54 Å². The average Bonchev–Trinajstić information content (AvgIpc) is 2.40. The fourth-order valence-electron chi connectivity index (χ4n) is 1.81. The molecule has 6 heteroatoms. The summed E-state index contributed by atoms with van der Waals surface area (Å²) in [6.45, 7) is 4.84. The number of nitrogens with one attached hydrogen (secondary N) is 2. The summed E-state index contributed by atoms with van der Waals surface area (Å²) >= 11 is 0. The average molecular weight is 302 g/mol. The number of benzene rings is 1. The van der Waals surface area contributed by atoms with Gasteiger partial charge in [0.2, 0.25) is 0 Å². The molecule has 118 valence electrons. The van der Waals surface area contributed by atoms with Crippen LogP contribution in [0.4, 0.5) is 18.0 Å². The molecule has 3 nitrogen and oxygen atoms in total. The molecule has 2 amide bonds. The summed E-state index contributed by atoms with van der Waals surface area (Å²) in [4.78, 5) is 11.5. The number of carbonyl (C=O) groups excluding carboxylic acids is 1. The molecule has 0 unspecified atom stereocenters. The van der Waals surface area contributed by atoms with Crippen molar-refractivity contribution in [3.8, 4) is 0 Å². The molecule has 0 spiro atoms. The highest BCUT2D eigenvalue weighted by Gasteiger charge is 2.30. The SMILES string of the molecule is CC(C)CCCNC(=O)NCc1cccc(C(F)(F)F)c1. The Labute approximate surface area is 122 Å². The minimum Gasteiger partial charge on any atom is -0.338 e. The minimum atomic E-state index is -4.37. The molecule has 0 heterocycles. The minimum absolute atomic E-state index is 0.0694. The number of halogens is 3. The lowest BCUT2D eigenvalue weighted by molar-refractivity contribution is -0.137. The molecule has 1 aromatic rings. The van der Waals surface area contributed by atoms with Crippen molar-refractivity contribution in [2.45, 2.75) is 39.4 Å². The van der Waals surface area contributed by atoms with Gasteiger partial charge in [-0.15, -0.1) is 0 Å². The number of rotatable bonds is 6. The molecule has 0 radical (unpaired) electrons. The number of amides is 2. The maximum atomic E-state index is 12.5. The fraction of sp³-hybridized carbons (Fsp3) is 0.533. The Hall–Kier alpha value is -1.72. The Balaban J connectivity index is 2.36.